The number of nitrogens with one attached hydrogen (secondary N) is 1. The number of likely N-dealkylation sites (N-methyl/N-ethyl adjacent to an activating group) is 1. The van der Waals surface area contributed by atoms with E-state index in [1.807, 2.05) is 20.2 Å². The maximum Gasteiger partial charge on any atom is 0.0876 e. The fourth-order valence-electron chi connectivity index (χ4n) is 1.89. The maximum absolute atomic E-state index is 5.36. The SMILES string of the molecule is CCOCCCC(NC)C1=COCCC1. The maximum atomic E-state index is 5.36. The first kappa shape index (κ1) is 12.5. The predicted octanol–water partition coefficient (Wildman–Crippen LogP) is 2.09. The molecule has 0 aromatic carbocycles. The van der Waals surface area contributed by atoms with Crippen LogP contribution in [0, 0.1) is 0 Å². The zero-order chi connectivity index (χ0) is 10.9. The molecule has 0 amide bonds. The molecule has 15 heavy (non-hydrogen) atoms. The molecule has 0 aliphatic carbocycles. The van der Waals surface area contributed by atoms with Gasteiger partial charge in [-0.25, -0.2) is 0 Å². The fourth-order valence-corrected chi connectivity index (χ4v) is 1.89. The molecule has 3 heteroatoms. The lowest BCUT2D eigenvalue weighted by molar-refractivity contribution is 0.141. The average molecular weight is 213 g/mol. The lowest BCUT2D eigenvalue weighted by Crippen LogP contribution is -2.29. The van der Waals surface area contributed by atoms with Gasteiger partial charge < -0.3 is 14.8 Å². The largest absolute Gasteiger partial charge is 0.501 e. The third kappa shape index (κ3) is 4.67. The van der Waals surface area contributed by atoms with Crippen LogP contribution in [0.1, 0.15) is 32.6 Å². The smallest absolute Gasteiger partial charge is 0.0876 e. The summed E-state index contributed by atoms with van der Waals surface area (Å²) in [7, 11) is 2.01. The highest BCUT2D eigenvalue weighted by molar-refractivity contribution is 5.09. The predicted molar refractivity (Wildman–Crippen MR) is 61.8 cm³/mol. The second kappa shape index (κ2) is 7.71. The van der Waals surface area contributed by atoms with E-state index in [-0.39, 0.29) is 0 Å². The summed E-state index contributed by atoms with van der Waals surface area (Å²) < 4.78 is 10.7. The average Bonchev–Trinajstić information content (AvgIpc) is 2.30. The van der Waals surface area contributed by atoms with Crippen LogP contribution < -0.4 is 5.32 Å². The molecule has 0 radical (unpaired) electrons. The van der Waals surface area contributed by atoms with Crippen LogP contribution in [-0.4, -0.2) is 32.9 Å². The van der Waals surface area contributed by atoms with Crippen molar-refractivity contribution in [3.05, 3.63) is 11.8 Å². The quantitative estimate of drug-likeness (QED) is 0.657. The molecular weight excluding hydrogens is 190 g/mol. The van der Waals surface area contributed by atoms with E-state index in [1.165, 1.54) is 12.0 Å². The van der Waals surface area contributed by atoms with Crippen LogP contribution in [0.25, 0.3) is 0 Å². The van der Waals surface area contributed by atoms with Gasteiger partial charge >= 0.3 is 0 Å². The zero-order valence-electron chi connectivity index (χ0n) is 9.92. The molecule has 1 N–H and O–H groups in total. The molecule has 0 fully saturated rings. The Morgan fingerprint density at radius 2 is 2.47 bits per heavy atom. The molecule has 1 heterocycles. The van der Waals surface area contributed by atoms with E-state index >= 15 is 0 Å². The number of hydrogen-bond acceptors (Lipinski definition) is 3. The molecule has 1 rings (SSSR count). The van der Waals surface area contributed by atoms with E-state index in [2.05, 4.69) is 5.32 Å². The van der Waals surface area contributed by atoms with Gasteiger partial charge in [0.2, 0.25) is 0 Å². The first-order valence-electron chi connectivity index (χ1n) is 5.94. The molecule has 3 nitrogen and oxygen atoms in total. The summed E-state index contributed by atoms with van der Waals surface area (Å²) in [6.45, 7) is 4.59. The van der Waals surface area contributed by atoms with Crippen molar-refractivity contribution in [2.45, 2.75) is 38.6 Å². The van der Waals surface area contributed by atoms with Crippen LogP contribution in [0.2, 0.25) is 0 Å². The second-order valence-corrected chi connectivity index (χ2v) is 3.85. The highest BCUT2D eigenvalue weighted by Gasteiger charge is 2.14. The highest BCUT2D eigenvalue weighted by atomic mass is 16.5. The van der Waals surface area contributed by atoms with Gasteiger partial charge in [0.1, 0.15) is 0 Å². The summed E-state index contributed by atoms with van der Waals surface area (Å²) in [5.74, 6) is 0. The van der Waals surface area contributed by atoms with Crippen molar-refractivity contribution in [1.29, 1.82) is 0 Å². The molecule has 0 spiro atoms. The first-order valence-corrected chi connectivity index (χ1v) is 5.94. The molecule has 1 atom stereocenters. The Labute approximate surface area is 92.8 Å². The number of rotatable bonds is 7. The fraction of sp³-hybridized carbons (Fsp3) is 0.833. The summed E-state index contributed by atoms with van der Waals surface area (Å²) in [5.41, 5.74) is 1.40. The van der Waals surface area contributed by atoms with Gasteiger partial charge in [0, 0.05) is 19.3 Å². The Morgan fingerprint density at radius 1 is 1.60 bits per heavy atom. The topological polar surface area (TPSA) is 30.5 Å². The van der Waals surface area contributed by atoms with Gasteiger partial charge in [-0.2, -0.15) is 0 Å². The van der Waals surface area contributed by atoms with Gasteiger partial charge in [0.15, 0.2) is 0 Å². The Kier molecular flexibility index (Phi) is 6.44. The minimum atomic E-state index is 0.464. The minimum Gasteiger partial charge on any atom is -0.501 e. The van der Waals surface area contributed by atoms with Gasteiger partial charge in [-0.15, -0.1) is 0 Å². The molecule has 0 aromatic rings. The minimum absolute atomic E-state index is 0.464. The Morgan fingerprint density at radius 3 is 3.07 bits per heavy atom. The van der Waals surface area contributed by atoms with Crippen LogP contribution in [0.4, 0.5) is 0 Å². The van der Waals surface area contributed by atoms with Gasteiger partial charge in [-0.1, -0.05) is 0 Å². The molecule has 0 bridgehead atoms. The van der Waals surface area contributed by atoms with Crippen LogP contribution in [-0.2, 0) is 9.47 Å². The van der Waals surface area contributed by atoms with Crippen molar-refractivity contribution in [2.24, 2.45) is 0 Å². The van der Waals surface area contributed by atoms with Crippen molar-refractivity contribution in [1.82, 2.24) is 5.32 Å². The van der Waals surface area contributed by atoms with Crippen LogP contribution in [0.5, 0.6) is 0 Å². The van der Waals surface area contributed by atoms with Crippen molar-refractivity contribution in [3.63, 3.8) is 0 Å². The van der Waals surface area contributed by atoms with Crippen molar-refractivity contribution in [2.75, 3.05) is 26.9 Å². The van der Waals surface area contributed by atoms with Gasteiger partial charge in [-0.3, -0.25) is 0 Å². The monoisotopic (exact) mass is 213 g/mol. The second-order valence-electron chi connectivity index (χ2n) is 3.85. The lowest BCUT2D eigenvalue weighted by Gasteiger charge is -2.22. The third-order valence-electron chi connectivity index (χ3n) is 2.74. The Hall–Kier alpha value is -0.540. The highest BCUT2D eigenvalue weighted by Crippen LogP contribution is 2.18. The molecule has 0 saturated heterocycles. The summed E-state index contributed by atoms with van der Waals surface area (Å²) in [5, 5.41) is 3.34. The number of hydrogen-bond donors (Lipinski definition) is 1. The lowest BCUT2D eigenvalue weighted by atomic mass is 9.98. The van der Waals surface area contributed by atoms with Crippen LogP contribution >= 0.6 is 0 Å². The summed E-state index contributed by atoms with van der Waals surface area (Å²) in [6, 6.07) is 0.464. The van der Waals surface area contributed by atoms with Gasteiger partial charge in [0.05, 0.1) is 12.9 Å². The summed E-state index contributed by atoms with van der Waals surface area (Å²) >= 11 is 0. The van der Waals surface area contributed by atoms with Crippen LogP contribution in [0.3, 0.4) is 0 Å². The molecule has 88 valence electrons. The molecule has 1 aliphatic heterocycles. The molecule has 0 aromatic heterocycles. The first-order chi connectivity index (χ1) is 7.38. The Balaban J connectivity index is 2.25. The summed E-state index contributed by atoms with van der Waals surface area (Å²) in [6.07, 6.45) is 6.49. The van der Waals surface area contributed by atoms with E-state index in [0.29, 0.717) is 6.04 Å². The van der Waals surface area contributed by atoms with E-state index in [0.717, 1.165) is 39.1 Å². The standard InChI is InChI=1S/C12H23NO2/c1-3-14-8-5-7-12(13-2)11-6-4-9-15-10-11/h10,12-13H,3-9H2,1-2H3. The molecular formula is C12H23NO2. The van der Waals surface area contributed by atoms with Crippen molar-refractivity contribution in [3.8, 4) is 0 Å². The molecule has 1 unspecified atom stereocenters. The van der Waals surface area contributed by atoms with E-state index < -0.39 is 0 Å². The third-order valence-corrected chi connectivity index (χ3v) is 2.74. The van der Waals surface area contributed by atoms with Gasteiger partial charge in [-0.05, 0) is 45.2 Å². The normalized spacial score (nSPS) is 18.1. The van der Waals surface area contributed by atoms with E-state index in [1.54, 1.807) is 0 Å². The zero-order valence-corrected chi connectivity index (χ0v) is 9.92. The van der Waals surface area contributed by atoms with Crippen LogP contribution in [0.15, 0.2) is 11.8 Å². The van der Waals surface area contributed by atoms with E-state index in [9.17, 15) is 0 Å². The Bertz CT molecular complexity index is 192. The molecule has 0 saturated carbocycles. The van der Waals surface area contributed by atoms with E-state index in [4.69, 9.17) is 9.47 Å². The molecule has 1 aliphatic rings. The number of ether oxygens (including phenoxy) is 2. The van der Waals surface area contributed by atoms with Crippen molar-refractivity contribution >= 4 is 0 Å². The van der Waals surface area contributed by atoms with Gasteiger partial charge in [0.25, 0.3) is 0 Å². The summed E-state index contributed by atoms with van der Waals surface area (Å²) in [4.78, 5) is 0. The van der Waals surface area contributed by atoms with Crippen molar-refractivity contribution < 1.29 is 9.47 Å².